The molecule has 0 aliphatic carbocycles. The smallest absolute Gasteiger partial charge is 0.266 e. The van der Waals surface area contributed by atoms with Gasteiger partial charge in [-0.15, -0.1) is 0 Å². The number of rotatable bonds is 5. The predicted molar refractivity (Wildman–Crippen MR) is 198 cm³/mol. The molecule has 0 spiro atoms. The zero-order valence-electron chi connectivity index (χ0n) is 26.0. The number of para-hydroxylation sites is 2. The van der Waals surface area contributed by atoms with Crippen LogP contribution in [0.3, 0.4) is 0 Å². The van der Waals surface area contributed by atoms with E-state index >= 15 is 0 Å². The molecule has 0 saturated heterocycles. The summed E-state index contributed by atoms with van der Waals surface area (Å²) in [6, 6.07) is 60.2. The van der Waals surface area contributed by atoms with Gasteiger partial charge in [0.15, 0.2) is 0 Å². The van der Waals surface area contributed by atoms with Gasteiger partial charge in [-0.3, -0.25) is 9.36 Å². The Morgan fingerprint density at radius 1 is 0.375 bits per heavy atom. The molecule has 4 heteroatoms. The number of nitrogens with zero attached hydrogens (tertiary/aromatic N) is 3. The van der Waals surface area contributed by atoms with Gasteiger partial charge < -0.3 is 4.57 Å². The summed E-state index contributed by atoms with van der Waals surface area (Å²) in [6.07, 6.45) is 0. The molecule has 0 radical (unpaired) electrons. The fourth-order valence-electron chi connectivity index (χ4n) is 6.82. The van der Waals surface area contributed by atoms with Crippen LogP contribution in [0.15, 0.2) is 181 Å². The van der Waals surface area contributed by atoms with Gasteiger partial charge in [-0.1, -0.05) is 103 Å². The van der Waals surface area contributed by atoms with Crippen LogP contribution in [0.1, 0.15) is 0 Å². The molecule has 2 aromatic heterocycles. The molecular formula is C44H29N3O. The third kappa shape index (κ3) is 4.62. The van der Waals surface area contributed by atoms with Gasteiger partial charge in [-0.2, -0.15) is 0 Å². The molecule has 0 unspecified atom stereocenters. The van der Waals surface area contributed by atoms with Gasteiger partial charge in [0.2, 0.25) is 0 Å². The van der Waals surface area contributed by atoms with Crippen molar-refractivity contribution in [2.45, 2.75) is 0 Å². The van der Waals surface area contributed by atoms with Gasteiger partial charge in [-0.25, -0.2) is 4.98 Å². The highest BCUT2D eigenvalue weighted by atomic mass is 16.1. The summed E-state index contributed by atoms with van der Waals surface area (Å²) in [4.78, 5) is 18.9. The predicted octanol–water partition coefficient (Wildman–Crippen LogP) is 10.5. The summed E-state index contributed by atoms with van der Waals surface area (Å²) in [5, 5.41) is 2.99. The average molecular weight is 616 g/mol. The molecule has 0 aliphatic rings. The molecule has 0 amide bonds. The summed E-state index contributed by atoms with van der Waals surface area (Å²) < 4.78 is 4.05. The monoisotopic (exact) mass is 615 g/mol. The van der Waals surface area contributed by atoms with E-state index < -0.39 is 0 Å². The first-order chi connectivity index (χ1) is 23.7. The molecule has 48 heavy (non-hydrogen) atoms. The lowest BCUT2D eigenvalue weighted by Gasteiger charge is -2.15. The van der Waals surface area contributed by atoms with E-state index in [9.17, 15) is 4.79 Å². The summed E-state index contributed by atoms with van der Waals surface area (Å²) >= 11 is 0. The Labute approximate surface area is 277 Å². The van der Waals surface area contributed by atoms with Crippen molar-refractivity contribution in [1.29, 1.82) is 0 Å². The van der Waals surface area contributed by atoms with Gasteiger partial charge in [0.1, 0.15) is 5.82 Å². The zero-order valence-corrected chi connectivity index (χ0v) is 26.0. The Morgan fingerprint density at radius 2 is 0.854 bits per heavy atom. The van der Waals surface area contributed by atoms with E-state index in [0.29, 0.717) is 16.7 Å². The Balaban J connectivity index is 1.23. The van der Waals surface area contributed by atoms with Crippen molar-refractivity contribution in [3.05, 3.63) is 186 Å². The van der Waals surface area contributed by atoms with Gasteiger partial charge in [0.25, 0.3) is 5.56 Å². The summed E-state index contributed by atoms with van der Waals surface area (Å²) in [5.41, 5.74) is 10.3. The molecule has 0 fully saturated rings. The van der Waals surface area contributed by atoms with Crippen molar-refractivity contribution in [3.63, 3.8) is 0 Å². The van der Waals surface area contributed by atoms with Crippen molar-refractivity contribution in [3.8, 4) is 45.0 Å². The molecule has 0 N–H and O–H groups in total. The van der Waals surface area contributed by atoms with E-state index in [2.05, 4.69) is 126 Å². The highest BCUT2D eigenvalue weighted by Gasteiger charge is 2.17. The standard InChI is InChI=1S/C44H29N3O/c48-44-37-18-10-11-19-40(37)45-43(47(44)35-16-8-3-9-17-35)32-20-24-36(25-21-32)46-41-26-22-33(30-12-4-1-5-13-30)28-38(41)39-29-34(23-27-42(39)46)31-14-6-2-7-15-31/h1-29H. The lowest BCUT2D eigenvalue weighted by molar-refractivity contribution is 0.975. The minimum atomic E-state index is -0.0864. The first-order valence-corrected chi connectivity index (χ1v) is 16.1. The van der Waals surface area contributed by atoms with Crippen LogP contribution in [0.5, 0.6) is 0 Å². The lowest BCUT2D eigenvalue weighted by atomic mass is 10.0. The number of hydrogen-bond acceptors (Lipinski definition) is 2. The molecule has 0 aliphatic heterocycles. The molecule has 0 atom stereocenters. The number of hydrogen-bond donors (Lipinski definition) is 0. The van der Waals surface area contributed by atoms with Crippen LogP contribution in [0.4, 0.5) is 0 Å². The summed E-state index contributed by atoms with van der Waals surface area (Å²) in [5.74, 6) is 0.610. The molecule has 226 valence electrons. The van der Waals surface area contributed by atoms with E-state index in [1.54, 1.807) is 4.57 Å². The van der Waals surface area contributed by atoms with E-state index in [0.717, 1.165) is 28.0 Å². The third-order valence-electron chi connectivity index (χ3n) is 9.15. The molecular weight excluding hydrogens is 587 g/mol. The second-order valence-corrected chi connectivity index (χ2v) is 12.0. The van der Waals surface area contributed by atoms with Gasteiger partial charge in [0, 0.05) is 22.0 Å². The summed E-state index contributed by atoms with van der Waals surface area (Å²) in [6.45, 7) is 0. The van der Waals surface area contributed by atoms with Gasteiger partial charge in [0.05, 0.1) is 27.6 Å². The van der Waals surface area contributed by atoms with E-state index in [1.807, 2.05) is 54.6 Å². The van der Waals surface area contributed by atoms with Crippen LogP contribution in [0, 0.1) is 0 Å². The van der Waals surface area contributed by atoms with Crippen LogP contribution in [-0.4, -0.2) is 14.1 Å². The third-order valence-corrected chi connectivity index (χ3v) is 9.15. The van der Waals surface area contributed by atoms with Crippen molar-refractivity contribution in [1.82, 2.24) is 14.1 Å². The number of fused-ring (bicyclic) bond motifs is 4. The highest BCUT2D eigenvalue weighted by Crippen LogP contribution is 2.37. The van der Waals surface area contributed by atoms with Crippen molar-refractivity contribution in [2.75, 3.05) is 0 Å². The minimum absolute atomic E-state index is 0.0864. The first kappa shape index (κ1) is 27.8. The SMILES string of the molecule is O=c1c2ccccc2nc(-c2ccc(-n3c4ccc(-c5ccccc5)cc4c4cc(-c5ccccc5)ccc43)cc2)n1-c1ccccc1. The maximum Gasteiger partial charge on any atom is 0.266 e. The van der Waals surface area contributed by atoms with Crippen LogP contribution in [-0.2, 0) is 0 Å². The average Bonchev–Trinajstić information content (AvgIpc) is 3.49. The Kier molecular flexibility index (Phi) is 6.58. The highest BCUT2D eigenvalue weighted by molar-refractivity contribution is 6.11. The molecule has 0 bridgehead atoms. The second-order valence-electron chi connectivity index (χ2n) is 12.0. The largest absolute Gasteiger partial charge is 0.309 e. The van der Waals surface area contributed by atoms with E-state index in [-0.39, 0.29) is 5.56 Å². The lowest BCUT2D eigenvalue weighted by Crippen LogP contribution is -2.21. The Hall–Kier alpha value is -6.52. The van der Waals surface area contributed by atoms with Crippen LogP contribution >= 0.6 is 0 Å². The van der Waals surface area contributed by atoms with Gasteiger partial charge >= 0.3 is 0 Å². The zero-order chi connectivity index (χ0) is 32.0. The van der Waals surface area contributed by atoms with Crippen molar-refractivity contribution >= 4 is 32.7 Å². The Morgan fingerprint density at radius 3 is 1.44 bits per heavy atom. The molecule has 4 nitrogen and oxygen atoms in total. The van der Waals surface area contributed by atoms with Crippen molar-refractivity contribution < 1.29 is 0 Å². The molecule has 9 aromatic rings. The van der Waals surface area contributed by atoms with Gasteiger partial charge in [-0.05, 0) is 95.1 Å². The molecule has 7 aromatic carbocycles. The fourth-order valence-corrected chi connectivity index (χ4v) is 6.82. The van der Waals surface area contributed by atoms with Crippen LogP contribution in [0.25, 0.3) is 77.7 Å². The number of benzene rings is 7. The van der Waals surface area contributed by atoms with Crippen LogP contribution in [0.2, 0.25) is 0 Å². The maximum atomic E-state index is 13.8. The maximum absolute atomic E-state index is 13.8. The van der Waals surface area contributed by atoms with Crippen LogP contribution < -0.4 is 5.56 Å². The minimum Gasteiger partial charge on any atom is -0.309 e. The summed E-state index contributed by atoms with van der Waals surface area (Å²) in [7, 11) is 0. The van der Waals surface area contributed by atoms with Crippen molar-refractivity contribution in [2.24, 2.45) is 0 Å². The molecule has 2 heterocycles. The fraction of sp³-hybridized carbons (Fsp3) is 0. The van der Waals surface area contributed by atoms with E-state index in [1.165, 1.54) is 33.0 Å². The number of aromatic nitrogens is 3. The topological polar surface area (TPSA) is 39.8 Å². The Bertz CT molecular complexity index is 2560. The van der Waals surface area contributed by atoms with E-state index in [4.69, 9.17) is 4.98 Å². The first-order valence-electron chi connectivity index (χ1n) is 16.1. The normalized spacial score (nSPS) is 11.4. The molecule has 9 rings (SSSR count). The quantitative estimate of drug-likeness (QED) is 0.193. The second kappa shape index (κ2) is 11.4. The molecule has 0 saturated carbocycles.